The second kappa shape index (κ2) is 10.6. The highest BCUT2D eigenvalue weighted by Gasteiger charge is 1.89. The minimum atomic E-state index is 0.121. The van der Waals surface area contributed by atoms with Crippen LogP contribution in [0.15, 0.2) is 30.3 Å². The summed E-state index contributed by atoms with van der Waals surface area (Å²) in [5.41, 5.74) is 5.97. The van der Waals surface area contributed by atoms with Crippen molar-refractivity contribution in [3.63, 3.8) is 0 Å². The molecule has 0 bridgehead atoms. The normalized spacial score (nSPS) is 9.12. The van der Waals surface area contributed by atoms with E-state index in [0.29, 0.717) is 0 Å². The van der Waals surface area contributed by atoms with E-state index in [9.17, 15) is 0 Å². The average Bonchev–Trinajstić information content (AvgIpc) is 2.32. The van der Waals surface area contributed by atoms with Gasteiger partial charge >= 0.3 is 0 Å². The van der Waals surface area contributed by atoms with Crippen molar-refractivity contribution in [3.05, 3.63) is 35.9 Å². The van der Waals surface area contributed by atoms with Crippen LogP contribution in [0.5, 0.6) is 0 Å². The van der Waals surface area contributed by atoms with Gasteiger partial charge in [-0.05, 0) is 13.8 Å². The molecule has 1 aromatic carbocycles. The molecular weight excluding hydrogens is 223 g/mol. The van der Waals surface area contributed by atoms with E-state index in [1.807, 2.05) is 44.2 Å². The van der Waals surface area contributed by atoms with Crippen molar-refractivity contribution in [2.45, 2.75) is 13.8 Å². The molecule has 0 aliphatic rings. The molecule has 90 valence electrons. The Balaban J connectivity index is 0.000000293. The highest BCUT2D eigenvalue weighted by molar-refractivity contribution is 7.26. The predicted molar refractivity (Wildman–Crippen MR) is 69.0 cm³/mol. The molecule has 1 aromatic rings. The van der Waals surface area contributed by atoms with Gasteiger partial charge in [-0.2, -0.15) is 0 Å². The Hall–Kier alpha value is -0.960. The molecule has 0 saturated carbocycles. The topological polar surface area (TPSA) is 68.3 Å². The van der Waals surface area contributed by atoms with E-state index in [2.05, 4.69) is 0 Å². The summed E-state index contributed by atoms with van der Waals surface area (Å²) in [5, 5.41) is 7.01. The van der Waals surface area contributed by atoms with Gasteiger partial charge in [0.15, 0.2) is 9.03 Å². The Morgan fingerprint density at radius 1 is 1.19 bits per heavy atom. The van der Waals surface area contributed by atoms with Gasteiger partial charge in [0.1, 0.15) is 5.84 Å². The van der Waals surface area contributed by atoms with E-state index in [1.54, 1.807) is 0 Å². The second-order valence-electron chi connectivity index (χ2n) is 2.73. The lowest BCUT2D eigenvalue weighted by atomic mass is 10.2. The zero-order valence-corrected chi connectivity index (χ0v) is 10.7. The predicted octanol–water partition coefficient (Wildman–Crippen LogP) is 2.54. The maximum absolute atomic E-state index is 7.01. The molecule has 0 unspecified atom stereocenters. The minimum Gasteiger partial charge on any atom is -0.384 e. The number of nitrogens with one attached hydrogen (secondary N) is 1. The van der Waals surface area contributed by atoms with E-state index in [-0.39, 0.29) is 14.9 Å². The van der Waals surface area contributed by atoms with Gasteiger partial charge in [0.25, 0.3) is 0 Å². The van der Waals surface area contributed by atoms with Crippen molar-refractivity contribution in [1.82, 2.24) is 0 Å². The first-order valence-electron chi connectivity index (χ1n) is 5.10. The largest absolute Gasteiger partial charge is 0.384 e. The van der Waals surface area contributed by atoms with Gasteiger partial charge in [-0.3, -0.25) is 5.41 Å². The molecule has 1 rings (SSSR count). The molecular formula is C11H19N2O2P. The molecule has 16 heavy (non-hydrogen) atoms. The lowest BCUT2D eigenvalue weighted by Gasteiger charge is -1.96. The lowest BCUT2D eigenvalue weighted by Crippen LogP contribution is -2.10. The molecule has 0 aliphatic carbocycles. The monoisotopic (exact) mass is 242 g/mol. The second-order valence-corrected chi connectivity index (χ2v) is 3.47. The number of hydrogen-bond donors (Lipinski definition) is 2. The minimum absolute atomic E-state index is 0.121. The van der Waals surface area contributed by atoms with Crippen LogP contribution in [0, 0.1) is 5.41 Å². The molecule has 0 aliphatic heterocycles. The molecule has 0 aromatic heterocycles. The van der Waals surface area contributed by atoms with Crippen LogP contribution >= 0.6 is 9.03 Å². The van der Waals surface area contributed by atoms with Gasteiger partial charge in [0.05, 0.1) is 13.2 Å². The molecule has 5 heteroatoms. The Morgan fingerprint density at radius 2 is 1.69 bits per heavy atom. The standard InChI is InChI=1S/C7H8N2.C4H11O2P/c8-7(9)6-4-2-1-3-5-6;1-3-5-7-6-4-2/h1-5H,(H3,8,9);7H,3-4H2,1-2H3. The average molecular weight is 242 g/mol. The Bertz CT molecular complexity index is 277. The van der Waals surface area contributed by atoms with Crippen LogP contribution in [0.25, 0.3) is 0 Å². The Labute approximate surface area is 98.6 Å². The van der Waals surface area contributed by atoms with Crippen LogP contribution in [0.4, 0.5) is 0 Å². The summed E-state index contributed by atoms with van der Waals surface area (Å²) in [6, 6.07) is 9.23. The van der Waals surface area contributed by atoms with Crippen LogP contribution in [-0.2, 0) is 9.05 Å². The van der Waals surface area contributed by atoms with E-state index in [4.69, 9.17) is 20.2 Å². The van der Waals surface area contributed by atoms with Crippen molar-refractivity contribution in [2.24, 2.45) is 5.73 Å². The molecule has 3 N–H and O–H groups in total. The van der Waals surface area contributed by atoms with E-state index < -0.39 is 0 Å². The third-order valence-electron chi connectivity index (χ3n) is 1.49. The molecule has 0 atom stereocenters. The van der Waals surface area contributed by atoms with Gasteiger partial charge in [0, 0.05) is 5.56 Å². The molecule has 4 nitrogen and oxygen atoms in total. The number of nitrogens with two attached hydrogens (primary N) is 1. The summed E-state index contributed by atoms with van der Waals surface area (Å²) < 4.78 is 9.76. The summed E-state index contributed by atoms with van der Waals surface area (Å²) in [4.78, 5) is 0. The van der Waals surface area contributed by atoms with E-state index in [1.165, 1.54) is 0 Å². The van der Waals surface area contributed by atoms with Crippen LogP contribution in [0.2, 0.25) is 0 Å². The smallest absolute Gasteiger partial charge is 0.155 e. The van der Waals surface area contributed by atoms with Crippen LogP contribution in [0.1, 0.15) is 19.4 Å². The van der Waals surface area contributed by atoms with Crippen molar-refractivity contribution in [2.75, 3.05) is 13.2 Å². The molecule has 0 spiro atoms. The fourth-order valence-electron chi connectivity index (χ4n) is 0.777. The summed E-state index contributed by atoms with van der Waals surface area (Å²) >= 11 is 0. The highest BCUT2D eigenvalue weighted by Crippen LogP contribution is 2.10. The van der Waals surface area contributed by atoms with Gasteiger partial charge < -0.3 is 14.8 Å². The van der Waals surface area contributed by atoms with Gasteiger partial charge in [0.2, 0.25) is 0 Å². The first kappa shape index (κ1) is 15.0. The fourth-order valence-corrected chi connectivity index (χ4v) is 1.10. The van der Waals surface area contributed by atoms with Crippen molar-refractivity contribution < 1.29 is 9.05 Å². The molecule has 0 amide bonds. The van der Waals surface area contributed by atoms with Gasteiger partial charge in [-0.1, -0.05) is 30.3 Å². The third kappa shape index (κ3) is 8.36. The number of benzene rings is 1. The quantitative estimate of drug-likeness (QED) is 0.361. The van der Waals surface area contributed by atoms with E-state index in [0.717, 1.165) is 18.8 Å². The van der Waals surface area contributed by atoms with Crippen LogP contribution < -0.4 is 5.73 Å². The molecule has 0 radical (unpaired) electrons. The van der Waals surface area contributed by atoms with Crippen molar-refractivity contribution in [3.8, 4) is 0 Å². The van der Waals surface area contributed by atoms with Gasteiger partial charge in [-0.15, -0.1) is 0 Å². The maximum atomic E-state index is 7.01. The summed E-state index contributed by atoms with van der Waals surface area (Å²) in [7, 11) is 0.232. The molecule has 0 fully saturated rings. The maximum Gasteiger partial charge on any atom is 0.155 e. The molecule has 0 saturated heterocycles. The van der Waals surface area contributed by atoms with Crippen molar-refractivity contribution in [1.29, 1.82) is 5.41 Å². The zero-order chi connectivity index (χ0) is 12.2. The number of nitrogen functional groups attached to an aromatic ring is 1. The lowest BCUT2D eigenvalue weighted by molar-refractivity contribution is 0.288. The first-order valence-corrected chi connectivity index (χ1v) is 5.92. The fraction of sp³-hybridized carbons (Fsp3) is 0.364. The zero-order valence-electron chi connectivity index (χ0n) is 9.69. The third-order valence-corrected chi connectivity index (χ3v) is 2.30. The number of hydrogen-bond acceptors (Lipinski definition) is 3. The van der Waals surface area contributed by atoms with Crippen LogP contribution in [0.3, 0.4) is 0 Å². The molecule has 0 heterocycles. The van der Waals surface area contributed by atoms with Crippen LogP contribution in [-0.4, -0.2) is 19.0 Å². The number of amidine groups is 1. The Kier molecular flexibility index (Phi) is 9.92. The summed E-state index contributed by atoms with van der Waals surface area (Å²) in [5.74, 6) is 0.121. The number of rotatable bonds is 5. The summed E-state index contributed by atoms with van der Waals surface area (Å²) in [6.45, 7) is 5.40. The Morgan fingerprint density at radius 3 is 2.00 bits per heavy atom. The van der Waals surface area contributed by atoms with Gasteiger partial charge in [-0.25, -0.2) is 0 Å². The highest BCUT2D eigenvalue weighted by atomic mass is 31.1. The SMILES string of the molecule is CCOPOCC.N=C(N)c1ccccc1. The summed E-state index contributed by atoms with van der Waals surface area (Å²) in [6.07, 6.45) is 0. The van der Waals surface area contributed by atoms with Crippen molar-refractivity contribution >= 4 is 14.9 Å². The first-order chi connectivity index (χ1) is 7.72. The van der Waals surface area contributed by atoms with E-state index >= 15 is 0 Å².